The van der Waals surface area contributed by atoms with Gasteiger partial charge in [0.25, 0.3) is 0 Å². The van der Waals surface area contributed by atoms with E-state index >= 15 is 4.39 Å². The van der Waals surface area contributed by atoms with Crippen LogP contribution in [-0.2, 0) is 17.2 Å². The maximum atomic E-state index is 15.1. The minimum atomic E-state index is -3.78. The van der Waals surface area contributed by atoms with Gasteiger partial charge >= 0.3 is 5.92 Å². The van der Waals surface area contributed by atoms with E-state index in [4.69, 9.17) is 14.2 Å². The summed E-state index contributed by atoms with van der Waals surface area (Å²) in [6, 6.07) is 7.25. The third-order valence-electron chi connectivity index (χ3n) is 5.87. The average molecular weight is 506 g/mol. The first kappa shape index (κ1) is 26.0. The predicted molar refractivity (Wildman–Crippen MR) is 129 cm³/mol. The van der Waals surface area contributed by atoms with Crippen molar-refractivity contribution in [3.63, 3.8) is 0 Å². The van der Waals surface area contributed by atoms with Crippen LogP contribution >= 0.6 is 0 Å². The van der Waals surface area contributed by atoms with Crippen LogP contribution in [0.5, 0.6) is 11.5 Å². The quantitative estimate of drug-likeness (QED) is 0.350. The SMILES string of the molecule is COCCOc1cc2c(NCc3cccc(C(F)(F)C(C)(C)O)c3F)nc(C)nc2cc1OC1CC1. The smallest absolute Gasteiger partial charge is 0.303 e. The van der Waals surface area contributed by atoms with Crippen molar-refractivity contribution in [3.8, 4) is 11.5 Å². The fraction of sp³-hybridized carbons (Fsp3) is 0.462. The molecule has 0 atom stereocenters. The summed E-state index contributed by atoms with van der Waals surface area (Å²) < 4.78 is 61.4. The number of hydrogen-bond acceptors (Lipinski definition) is 7. The van der Waals surface area contributed by atoms with Crippen LogP contribution in [-0.4, -0.2) is 47.1 Å². The molecule has 2 N–H and O–H groups in total. The molecule has 0 bridgehead atoms. The molecule has 1 heterocycles. The number of methoxy groups -OCH3 is 1. The summed E-state index contributed by atoms with van der Waals surface area (Å²) in [6.07, 6.45) is 2.09. The molecular weight excluding hydrogens is 475 g/mol. The molecule has 1 aliphatic rings. The van der Waals surface area contributed by atoms with Gasteiger partial charge in [0.1, 0.15) is 29.7 Å². The molecule has 0 radical (unpaired) electrons. The Bertz CT molecular complexity index is 1240. The van der Waals surface area contributed by atoms with Gasteiger partial charge < -0.3 is 24.6 Å². The molecule has 0 spiro atoms. The molecule has 1 saturated carbocycles. The number of hydrogen-bond donors (Lipinski definition) is 2. The molecule has 0 aliphatic heterocycles. The standard InChI is InChI=1S/C26H30F3N3O4/c1-15-31-20-13-22(36-17-8-9-17)21(35-11-10-34-4)12-18(20)24(32-15)30-14-16-6-5-7-19(23(16)27)26(28,29)25(2,3)33/h5-7,12-13,17,33H,8-11,14H2,1-4H3,(H,30,31,32). The Labute approximate surface area is 207 Å². The third-order valence-corrected chi connectivity index (χ3v) is 5.87. The second-order valence-electron chi connectivity index (χ2n) is 9.36. The van der Waals surface area contributed by atoms with Gasteiger partial charge in [-0.25, -0.2) is 14.4 Å². The van der Waals surface area contributed by atoms with E-state index in [0.717, 1.165) is 32.8 Å². The average Bonchev–Trinajstić information content (AvgIpc) is 3.62. The minimum Gasteiger partial charge on any atom is -0.487 e. The van der Waals surface area contributed by atoms with E-state index in [1.807, 2.05) is 0 Å². The summed E-state index contributed by atoms with van der Waals surface area (Å²) in [4.78, 5) is 8.94. The predicted octanol–water partition coefficient (Wildman–Crippen LogP) is 5.12. The Hall–Kier alpha value is -3.11. The highest BCUT2D eigenvalue weighted by Crippen LogP contribution is 2.41. The molecule has 2 aromatic carbocycles. The van der Waals surface area contributed by atoms with Crippen molar-refractivity contribution in [1.82, 2.24) is 9.97 Å². The lowest BCUT2D eigenvalue weighted by molar-refractivity contribution is -0.170. The Balaban J connectivity index is 1.66. The van der Waals surface area contributed by atoms with E-state index in [-0.39, 0.29) is 18.2 Å². The molecule has 194 valence electrons. The highest BCUT2D eigenvalue weighted by atomic mass is 19.3. The Morgan fingerprint density at radius 3 is 2.53 bits per heavy atom. The minimum absolute atomic E-state index is 0.00564. The lowest BCUT2D eigenvalue weighted by Gasteiger charge is -2.30. The van der Waals surface area contributed by atoms with Gasteiger partial charge in [-0.1, -0.05) is 12.1 Å². The maximum absolute atomic E-state index is 15.1. The van der Waals surface area contributed by atoms with Gasteiger partial charge in [-0.2, -0.15) is 8.78 Å². The van der Waals surface area contributed by atoms with Crippen molar-refractivity contribution in [2.24, 2.45) is 0 Å². The van der Waals surface area contributed by atoms with Crippen molar-refractivity contribution in [2.45, 2.75) is 57.8 Å². The topological polar surface area (TPSA) is 85.7 Å². The summed E-state index contributed by atoms with van der Waals surface area (Å²) >= 11 is 0. The van der Waals surface area contributed by atoms with Crippen molar-refractivity contribution in [2.75, 3.05) is 25.6 Å². The highest BCUT2D eigenvalue weighted by molar-refractivity contribution is 5.91. The summed E-state index contributed by atoms with van der Waals surface area (Å²) in [7, 11) is 1.58. The Morgan fingerprint density at radius 1 is 1.11 bits per heavy atom. The zero-order chi connectivity index (χ0) is 26.1. The van der Waals surface area contributed by atoms with E-state index in [0.29, 0.717) is 47.3 Å². The van der Waals surface area contributed by atoms with Crippen LogP contribution in [0.1, 0.15) is 43.6 Å². The van der Waals surface area contributed by atoms with Crippen LogP contribution in [0.4, 0.5) is 19.0 Å². The molecule has 0 unspecified atom stereocenters. The molecule has 10 heteroatoms. The van der Waals surface area contributed by atoms with Gasteiger partial charge in [0, 0.05) is 30.7 Å². The fourth-order valence-corrected chi connectivity index (χ4v) is 3.66. The third kappa shape index (κ3) is 5.49. The second-order valence-corrected chi connectivity index (χ2v) is 9.36. The zero-order valence-electron chi connectivity index (χ0n) is 20.7. The normalized spacial score (nSPS) is 14.2. The number of anilines is 1. The van der Waals surface area contributed by atoms with Crippen LogP contribution in [0, 0.1) is 12.7 Å². The van der Waals surface area contributed by atoms with Gasteiger partial charge in [0.05, 0.1) is 23.8 Å². The van der Waals surface area contributed by atoms with E-state index in [1.165, 1.54) is 12.1 Å². The summed E-state index contributed by atoms with van der Waals surface area (Å²) in [5, 5.41) is 13.5. The number of aryl methyl sites for hydroxylation is 1. The van der Waals surface area contributed by atoms with Crippen molar-refractivity contribution in [3.05, 3.63) is 53.1 Å². The van der Waals surface area contributed by atoms with Gasteiger partial charge in [-0.05, 0) is 45.7 Å². The van der Waals surface area contributed by atoms with Gasteiger partial charge in [0.2, 0.25) is 0 Å². The number of nitrogens with zero attached hydrogens (tertiary/aromatic N) is 2. The molecule has 1 aromatic heterocycles. The van der Waals surface area contributed by atoms with E-state index in [9.17, 15) is 13.9 Å². The summed E-state index contributed by atoms with van der Waals surface area (Å²) in [5.41, 5.74) is -2.69. The van der Waals surface area contributed by atoms with E-state index < -0.39 is 22.9 Å². The van der Waals surface area contributed by atoms with Crippen LogP contribution in [0.2, 0.25) is 0 Å². The number of benzene rings is 2. The van der Waals surface area contributed by atoms with Crippen LogP contribution in [0.25, 0.3) is 10.9 Å². The molecule has 1 aliphatic carbocycles. The number of ether oxygens (including phenoxy) is 3. The fourth-order valence-electron chi connectivity index (χ4n) is 3.66. The lowest BCUT2D eigenvalue weighted by Crippen LogP contribution is -2.41. The maximum Gasteiger partial charge on any atom is 0.303 e. The van der Waals surface area contributed by atoms with Crippen LogP contribution in [0.3, 0.4) is 0 Å². The molecule has 1 fully saturated rings. The second kappa shape index (κ2) is 10.1. The van der Waals surface area contributed by atoms with E-state index in [1.54, 1.807) is 26.2 Å². The Kier molecular flexibility index (Phi) is 7.28. The van der Waals surface area contributed by atoms with Gasteiger partial charge in [0.15, 0.2) is 11.5 Å². The molecule has 4 rings (SSSR count). The number of fused-ring (bicyclic) bond motifs is 1. The first-order valence-electron chi connectivity index (χ1n) is 11.7. The number of aliphatic hydroxyl groups is 1. The first-order chi connectivity index (χ1) is 17.0. The van der Waals surface area contributed by atoms with Gasteiger partial charge in [-0.3, -0.25) is 0 Å². The molecule has 3 aromatic rings. The summed E-state index contributed by atoms with van der Waals surface area (Å²) in [5.74, 6) is -2.93. The van der Waals surface area contributed by atoms with Crippen LogP contribution in [0.15, 0.2) is 30.3 Å². The molecule has 7 nitrogen and oxygen atoms in total. The largest absolute Gasteiger partial charge is 0.487 e. The molecular formula is C26H30F3N3O4. The molecule has 0 amide bonds. The van der Waals surface area contributed by atoms with Crippen molar-refractivity contribution in [1.29, 1.82) is 0 Å². The number of halogens is 3. The Morgan fingerprint density at radius 2 is 1.86 bits per heavy atom. The van der Waals surface area contributed by atoms with Crippen molar-refractivity contribution >= 4 is 16.7 Å². The highest BCUT2D eigenvalue weighted by Gasteiger charge is 2.49. The van der Waals surface area contributed by atoms with Crippen molar-refractivity contribution < 1.29 is 32.5 Å². The summed E-state index contributed by atoms with van der Waals surface area (Å²) in [6.45, 7) is 4.20. The number of rotatable bonds is 11. The van der Waals surface area contributed by atoms with E-state index in [2.05, 4.69) is 15.3 Å². The zero-order valence-corrected chi connectivity index (χ0v) is 20.7. The van der Waals surface area contributed by atoms with Crippen LogP contribution < -0.4 is 14.8 Å². The number of aromatic nitrogens is 2. The van der Waals surface area contributed by atoms with Gasteiger partial charge in [-0.15, -0.1) is 0 Å². The number of nitrogens with one attached hydrogen (secondary N) is 1. The number of alkyl halides is 2. The molecule has 0 saturated heterocycles. The molecule has 36 heavy (non-hydrogen) atoms. The monoisotopic (exact) mass is 505 g/mol. The first-order valence-corrected chi connectivity index (χ1v) is 11.7. The lowest BCUT2D eigenvalue weighted by atomic mass is 9.92.